The minimum Gasteiger partial charge on any atom is -0.273 e. The van der Waals surface area contributed by atoms with E-state index in [0.29, 0.717) is 23.2 Å². The van der Waals surface area contributed by atoms with Gasteiger partial charge in [0, 0.05) is 11.3 Å². The number of rotatable bonds is 5. The van der Waals surface area contributed by atoms with Crippen LogP contribution in [0.4, 0.5) is 4.39 Å². The summed E-state index contributed by atoms with van der Waals surface area (Å²) in [6.07, 6.45) is 5.46. The van der Waals surface area contributed by atoms with E-state index < -0.39 is 0 Å². The lowest BCUT2D eigenvalue weighted by Crippen LogP contribution is -2.43. The number of nitrogens with one attached hydrogen (secondary N) is 2. The van der Waals surface area contributed by atoms with E-state index in [1.807, 2.05) is 0 Å². The van der Waals surface area contributed by atoms with Gasteiger partial charge in [-0.05, 0) is 49.1 Å². The fourth-order valence-corrected chi connectivity index (χ4v) is 4.54. The number of carbonyl (C=O) groups excluding carboxylic acids is 2. The number of thioether (sulfide) groups is 1. The number of hydrogen-bond donors (Lipinski definition) is 2. The Morgan fingerprint density at radius 1 is 1.13 bits per heavy atom. The van der Waals surface area contributed by atoms with Crippen molar-refractivity contribution in [2.24, 2.45) is 17.8 Å². The molecule has 0 spiro atoms. The number of amides is 2. The highest BCUT2D eigenvalue weighted by molar-refractivity contribution is 8.00. The molecule has 3 atom stereocenters. The Morgan fingerprint density at radius 2 is 1.91 bits per heavy atom. The maximum Gasteiger partial charge on any atom is 0.248 e. The number of halogens is 1. The lowest BCUT2D eigenvalue weighted by atomic mass is 9.86. The molecule has 3 unspecified atom stereocenters. The second kappa shape index (κ2) is 7.34. The maximum absolute atomic E-state index is 13.4. The van der Waals surface area contributed by atoms with Crippen molar-refractivity contribution >= 4 is 23.6 Å². The van der Waals surface area contributed by atoms with Gasteiger partial charge in [0.05, 0.1) is 5.75 Å². The fraction of sp³-hybridized carbons (Fsp3) is 0.529. The summed E-state index contributed by atoms with van der Waals surface area (Å²) in [7, 11) is 0. The van der Waals surface area contributed by atoms with Crippen molar-refractivity contribution in [3.05, 3.63) is 30.1 Å². The molecule has 3 rings (SSSR count). The average molecular weight is 336 g/mol. The topological polar surface area (TPSA) is 58.2 Å². The van der Waals surface area contributed by atoms with E-state index in [-0.39, 0.29) is 23.4 Å². The van der Waals surface area contributed by atoms with Crippen molar-refractivity contribution in [2.75, 3.05) is 5.75 Å². The van der Waals surface area contributed by atoms with Gasteiger partial charge in [-0.3, -0.25) is 20.4 Å². The van der Waals surface area contributed by atoms with Gasteiger partial charge < -0.3 is 0 Å². The number of carbonyl (C=O) groups is 2. The van der Waals surface area contributed by atoms with Crippen LogP contribution in [0.15, 0.2) is 29.2 Å². The van der Waals surface area contributed by atoms with Gasteiger partial charge in [-0.2, -0.15) is 0 Å². The standard InChI is InChI=1S/C17H21FN2O2S/c18-14-3-1-2-4-15(14)23-10-17(22)20-19-16(21)9-13-8-11-5-6-12(13)7-11/h1-4,11-13H,5-10H2,(H,19,21)(H,20,22). The molecule has 6 heteroatoms. The van der Waals surface area contributed by atoms with Gasteiger partial charge in [-0.25, -0.2) is 4.39 Å². The number of benzene rings is 1. The van der Waals surface area contributed by atoms with Gasteiger partial charge in [0.25, 0.3) is 0 Å². The van der Waals surface area contributed by atoms with Crippen LogP contribution in [0.2, 0.25) is 0 Å². The third kappa shape index (κ3) is 4.25. The fourth-order valence-electron chi connectivity index (χ4n) is 3.80. The normalized spacial score (nSPS) is 25.3. The zero-order chi connectivity index (χ0) is 16.2. The molecule has 2 aliphatic carbocycles. The van der Waals surface area contributed by atoms with Crippen molar-refractivity contribution in [3.8, 4) is 0 Å². The maximum atomic E-state index is 13.4. The Bertz CT molecular complexity index is 596. The Kier molecular flexibility index (Phi) is 5.20. The summed E-state index contributed by atoms with van der Waals surface area (Å²) in [5.41, 5.74) is 4.88. The quantitative estimate of drug-likeness (QED) is 0.642. The summed E-state index contributed by atoms with van der Waals surface area (Å²) in [5.74, 6) is 1.23. The van der Waals surface area contributed by atoms with Crippen LogP contribution in [0, 0.1) is 23.6 Å². The Balaban J connectivity index is 1.35. The SMILES string of the molecule is O=C(CSc1ccccc1F)NNC(=O)CC1CC2CCC1C2. The molecular formula is C17H21FN2O2S. The Morgan fingerprint density at radius 3 is 2.61 bits per heavy atom. The predicted molar refractivity (Wildman–Crippen MR) is 87.0 cm³/mol. The van der Waals surface area contributed by atoms with Crippen LogP contribution in [0.3, 0.4) is 0 Å². The molecule has 0 saturated heterocycles. The molecule has 2 bridgehead atoms. The number of hydrogen-bond acceptors (Lipinski definition) is 3. The van der Waals surface area contributed by atoms with Gasteiger partial charge in [-0.15, -0.1) is 11.8 Å². The smallest absolute Gasteiger partial charge is 0.248 e. The average Bonchev–Trinajstić information content (AvgIpc) is 3.15. The molecule has 2 amide bonds. The summed E-state index contributed by atoms with van der Waals surface area (Å²) < 4.78 is 13.4. The first kappa shape index (κ1) is 16.3. The van der Waals surface area contributed by atoms with Crippen LogP contribution in [0.25, 0.3) is 0 Å². The first-order chi connectivity index (χ1) is 11.1. The largest absolute Gasteiger partial charge is 0.273 e. The Hall–Kier alpha value is -1.56. The molecular weight excluding hydrogens is 315 g/mol. The molecule has 124 valence electrons. The predicted octanol–water partition coefficient (Wildman–Crippen LogP) is 2.89. The molecule has 4 nitrogen and oxygen atoms in total. The molecule has 2 aliphatic rings. The molecule has 0 aromatic heterocycles. The summed E-state index contributed by atoms with van der Waals surface area (Å²) in [6, 6.07) is 6.31. The van der Waals surface area contributed by atoms with E-state index in [1.54, 1.807) is 18.2 Å². The third-order valence-corrected chi connectivity index (χ3v) is 5.92. The van der Waals surface area contributed by atoms with Crippen LogP contribution in [0.5, 0.6) is 0 Å². The zero-order valence-corrected chi connectivity index (χ0v) is 13.7. The van der Waals surface area contributed by atoms with Gasteiger partial charge in [0.15, 0.2) is 0 Å². The van der Waals surface area contributed by atoms with Crippen LogP contribution >= 0.6 is 11.8 Å². The van der Waals surface area contributed by atoms with E-state index >= 15 is 0 Å². The van der Waals surface area contributed by atoms with Gasteiger partial charge in [-0.1, -0.05) is 18.6 Å². The molecule has 1 aromatic rings. The van der Waals surface area contributed by atoms with Crippen LogP contribution < -0.4 is 10.9 Å². The van der Waals surface area contributed by atoms with E-state index in [0.717, 1.165) is 24.1 Å². The molecule has 1 aromatic carbocycles. The monoisotopic (exact) mass is 336 g/mol. The Labute approximate surface area is 139 Å². The third-order valence-electron chi connectivity index (χ3n) is 4.87. The van der Waals surface area contributed by atoms with Gasteiger partial charge in [0.1, 0.15) is 5.82 Å². The number of hydrazine groups is 1. The molecule has 2 saturated carbocycles. The minimum absolute atomic E-state index is 0.0648. The molecule has 0 radical (unpaired) electrons. The first-order valence-corrected chi connectivity index (χ1v) is 9.05. The van der Waals surface area contributed by atoms with Crippen LogP contribution in [-0.4, -0.2) is 17.6 Å². The van der Waals surface area contributed by atoms with Crippen molar-refractivity contribution in [1.82, 2.24) is 10.9 Å². The van der Waals surface area contributed by atoms with E-state index in [2.05, 4.69) is 10.9 Å². The minimum atomic E-state index is -0.342. The van der Waals surface area contributed by atoms with Crippen LogP contribution in [-0.2, 0) is 9.59 Å². The van der Waals surface area contributed by atoms with Crippen molar-refractivity contribution in [2.45, 2.75) is 37.0 Å². The summed E-state index contributed by atoms with van der Waals surface area (Å²) in [4.78, 5) is 24.1. The summed E-state index contributed by atoms with van der Waals surface area (Å²) in [5, 5.41) is 0. The molecule has 23 heavy (non-hydrogen) atoms. The first-order valence-electron chi connectivity index (χ1n) is 8.07. The molecule has 2 N–H and O–H groups in total. The highest BCUT2D eigenvalue weighted by atomic mass is 32.2. The highest BCUT2D eigenvalue weighted by Crippen LogP contribution is 2.49. The second-order valence-corrected chi connectivity index (χ2v) is 7.47. The van der Waals surface area contributed by atoms with E-state index in [4.69, 9.17) is 0 Å². The van der Waals surface area contributed by atoms with Crippen LogP contribution in [0.1, 0.15) is 32.1 Å². The lowest BCUT2D eigenvalue weighted by Gasteiger charge is -2.20. The van der Waals surface area contributed by atoms with Crippen molar-refractivity contribution < 1.29 is 14.0 Å². The summed E-state index contributed by atoms with van der Waals surface area (Å²) in [6.45, 7) is 0. The van der Waals surface area contributed by atoms with Gasteiger partial charge >= 0.3 is 0 Å². The van der Waals surface area contributed by atoms with Crippen molar-refractivity contribution in [1.29, 1.82) is 0 Å². The molecule has 0 aliphatic heterocycles. The highest BCUT2D eigenvalue weighted by Gasteiger charge is 2.40. The number of fused-ring (bicyclic) bond motifs is 2. The molecule has 0 heterocycles. The second-order valence-electron chi connectivity index (χ2n) is 6.45. The lowest BCUT2D eigenvalue weighted by molar-refractivity contribution is -0.128. The van der Waals surface area contributed by atoms with Crippen molar-refractivity contribution in [3.63, 3.8) is 0 Å². The van der Waals surface area contributed by atoms with E-state index in [9.17, 15) is 14.0 Å². The van der Waals surface area contributed by atoms with Gasteiger partial charge in [0.2, 0.25) is 11.8 Å². The summed E-state index contributed by atoms with van der Waals surface area (Å²) >= 11 is 1.11. The van der Waals surface area contributed by atoms with E-state index in [1.165, 1.54) is 25.3 Å². The molecule has 2 fully saturated rings. The zero-order valence-electron chi connectivity index (χ0n) is 12.9.